The predicted molar refractivity (Wildman–Crippen MR) is 87.0 cm³/mol. The molecule has 3 rings (SSSR count). The highest BCUT2D eigenvalue weighted by atomic mass is 16.6. The number of fused-ring (bicyclic) bond motifs is 1. The van der Waals surface area contributed by atoms with Crippen LogP contribution in [0.1, 0.15) is 0 Å². The first-order chi connectivity index (χ1) is 11.4. The Morgan fingerprint density at radius 1 is 0.750 bits per heavy atom. The molecule has 2 N–H and O–H groups in total. The third-order valence-electron chi connectivity index (χ3n) is 3.11. The van der Waals surface area contributed by atoms with Gasteiger partial charge in [0, 0.05) is 29.7 Å². The van der Waals surface area contributed by atoms with Crippen molar-refractivity contribution in [1.82, 2.24) is 0 Å². The number of rotatable bonds is 2. The van der Waals surface area contributed by atoms with Crippen LogP contribution in [0.5, 0.6) is 11.5 Å². The molecule has 0 amide bonds. The maximum absolute atomic E-state index is 10.5. The van der Waals surface area contributed by atoms with Crippen LogP contribution in [-0.4, -0.2) is 20.1 Å². The number of phenols is 2. The van der Waals surface area contributed by atoms with Gasteiger partial charge in [-0.25, -0.2) is 0 Å². The van der Waals surface area contributed by atoms with Gasteiger partial charge in [-0.1, -0.05) is 12.1 Å². The lowest BCUT2D eigenvalue weighted by Crippen LogP contribution is -1.86. The summed E-state index contributed by atoms with van der Waals surface area (Å²) in [5.74, 6) is 0.169. The summed E-state index contributed by atoms with van der Waals surface area (Å²) in [7, 11) is 0. The fraction of sp³-hybridized carbons (Fsp3) is 0. The minimum Gasteiger partial charge on any atom is -0.508 e. The molecule has 0 bridgehead atoms. The molecule has 0 saturated carbocycles. The number of phenolic OH excluding ortho intramolecular Hbond substituents is 2. The second-order valence-electron chi connectivity index (χ2n) is 4.71. The van der Waals surface area contributed by atoms with E-state index in [0.29, 0.717) is 10.8 Å². The van der Waals surface area contributed by atoms with E-state index in [4.69, 9.17) is 5.11 Å². The molecule has 0 aliphatic heterocycles. The van der Waals surface area contributed by atoms with Crippen molar-refractivity contribution >= 4 is 22.1 Å². The van der Waals surface area contributed by atoms with E-state index in [9.17, 15) is 25.3 Å². The molecule has 122 valence electrons. The number of nitro benzene ring substituents is 2. The molecule has 0 spiro atoms. The molecule has 0 unspecified atom stereocenters. The normalized spacial score (nSPS) is 9.83. The standard InChI is InChI=1S/C10H7NO3.C6H5NO3/c12-10-3-1-2-7-6-8(11(13)14)4-5-9(7)10;8-6-3-1-5(2-4-6)7(9)10/h1-6,12H;1-4,8H. The van der Waals surface area contributed by atoms with E-state index in [-0.39, 0.29) is 22.9 Å². The Bertz CT molecular complexity index is 893. The maximum atomic E-state index is 10.5. The maximum Gasteiger partial charge on any atom is 0.270 e. The fourth-order valence-electron chi connectivity index (χ4n) is 1.94. The summed E-state index contributed by atoms with van der Waals surface area (Å²) in [5.41, 5.74) is 0.0147. The lowest BCUT2D eigenvalue weighted by atomic mass is 10.1. The van der Waals surface area contributed by atoms with Crippen molar-refractivity contribution in [1.29, 1.82) is 0 Å². The van der Waals surface area contributed by atoms with Crippen LogP contribution >= 0.6 is 0 Å². The first-order valence-corrected chi connectivity index (χ1v) is 6.68. The minimum atomic E-state index is -0.514. The first kappa shape index (κ1) is 16.7. The third-order valence-corrected chi connectivity index (χ3v) is 3.11. The highest BCUT2D eigenvalue weighted by Crippen LogP contribution is 2.27. The van der Waals surface area contributed by atoms with Crippen LogP contribution in [0.25, 0.3) is 10.8 Å². The van der Waals surface area contributed by atoms with E-state index in [0.717, 1.165) is 0 Å². The quantitative estimate of drug-likeness (QED) is 0.544. The molecule has 0 atom stereocenters. The zero-order chi connectivity index (χ0) is 17.7. The Hall–Kier alpha value is -3.68. The van der Waals surface area contributed by atoms with Gasteiger partial charge >= 0.3 is 0 Å². The van der Waals surface area contributed by atoms with Crippen molar-refractivity contribution in [2.75, 3.05) is 0 Å². The summed E-state index contributed by atoms with van der Waals surface area (Å²) in [5, 5.41) is 39.9. The first-order valence-electron chi connectivity index (χ1n) is 6.68. The van der Waals surface area contributed by atoms with Gasteiger partial charge in [-0.05, 0) is 29.7 Å². The molecular weight excluding hydrogens is 316 g/mol. The number of hydrogen-bond acceptors (Lipinski definition) is 6. The largest absolute Gasteiger partial charge is 0.508 e. The molecule has 0 aliphatic rings. The number of nitro groups is 2. The second-order valence-corrected chi connectivity index (χ2v) is 4.71. The summed E-state index contributed by atoms with van der Waals surface area (Å²) < 4.78 is 0. The number of nitrogens with zero attached hydrogens (tertiary/aromatic N) is 2. The summed E-state index contributed by atoms with van der Waals surface area (Å²) in [6.07, 6.45) is 0. The number of hydrogen-bond donors (Lipinski definition) is 2. The molecule has 24 heavy (non-hydrogen) atoms. The summed E-state index contributed by atoms with van der Waals surface area (Å²) in [4.78, 5) is 19.5. The SMILES string of the molecule is O=[N+]([O-])c1ccc(O)cc1.O=[N+]([O-])c1ccc2c(O)cccc2c1. The Balaban J connectivity index is 0.000000185. The molecule has 0 aliphatic carbocycles. The van der Waals surface area contributed by atoms with Crippen LogP contribution in [0.4, 0.5) is 11.4 Å². The molecule has 3 aromatic carbocycles. The monoisotopic (exact) mass is 328 g/mol. The average molecular weight is 328 g/mol. The van der Waals surface area contributed by atoms with Gasteiger partial charge in [0.05, 0.1) is 9.85 Å². The van der Waals surface area contributed by atoms with Gasteiger partial charge in [0.1, 0.15) is 11.5 Å². The molecule has 0 fully saturated rings. The van der Waals surface area contributed by atoms with E-state index < -0.39 is 9.85 Å². The van der Waals surface area contributed by atoms with E-state index in [1.807, 2.05) is 0 Å². The van der Waals surface area contributed by atoms with Crippen LogP contribution in [0, 0.1) is 20.2 Å². The number of non-ortho nitro benzene ring substituents is 2. The number of benzene rings is 3. The van der Waals surface area contributed by atoms with Crippen molar-refractivity contribution in [3.63, 3.8) is 0 Å². The smallest absolute Gasteiger partial charge is 0.270 e. The van der Waals surface area contributed by atoms with E-state index in [1.54, 1.807) is 24.3 Å². The minimum absolute atomic E-state index is 0.0159. The van der Waals surface area contributed by atoms with Gasteiger partial charge < -0.3 is 10.2 Å². The third kappa shape index (κ3) is 3.95. The molecule has 0 radical (unpaired) electrons. The predicted octanol–water partition coefficient (Wildman–Crippen LogP) is 3.75. The van der Waals surface area contributed by atoms with Gasteiger partial charge in [0.25, 0.3) is 11.4 Å². The molecule has 8 nitrogen and oxygen atoms in total. The lowest BCUT2D eigenvalue weighted by molar-refractivity contribution is -0.385. The van der Waals surface area contributed by atoms with E-state index in [2.05, 4.69) is 0 Å². The Labute approximate surface area is 135 Å². The Morgan fingerprint density at radius 2 is 1.33 bits per heavy atom. The van der Waals surface area contributed by atoms with Crippen LogP contribution in [0.3, 0.4) is 0 Å². The highest BCUT2D eigenvalue weighted by molar-refractivity contribution is 5.89. The molecular formula is C16H12N2O6. The van der Waals surface area contributed by atoms with Crippen molar-refractivity contribution < 1.29 is 20.1 Å². The molecule has 0 aromatic heterocycles. The van der Waals surface area contributed by atoms with Crippen LogP contribution in [0.15, 0.2) is 60.7 Å². The van der Waals surface area contributed by atoms with Gasteiger partial charge in [-0.15, -0.1) is 0 Å². The Kier molecular flexibility index (Phi) is 4.90. The average Bonchev–Trinajstić information content (AvgIpc) is 2.55. The van der Waals surface area contributed by atoms with Gasteiger partial charge in [-0.2, -0.15) is 0 Å². The van der Waals surface area contributed by atoms with E-state index in [1.165, 1.54) is 36.4 Å². The summed E-state index contributed by atoms with van der Waals surface area (Å²) in [6, 6.07) is 14.3. The van der Waals surface area contributed by atoms with Gasteiger partial charge in [-0.3, -0.25) is 20.2 Å². The van der Waals surface area contributed by atoms with E-state index >= 15 is 0 Å². The zero-order valence-electron chi connectivity index (χ0n) is 12.2. The second kappa shape index (κ2) is 7.05. The van der Waals surface area contributed by atoms with Crippen LogP contribution in [0.2, 0.25) is 0 Å². The molecule has 0 saturated heterocycles. The van der Waals surface area contributed by atoms with Gasteiger partial charge in [0.15, 0.2) is 0 Å². The molecule has 3 aromatic rings. The Morgan fingerprint density at radius 3 is 1.92 bits per heavy atom. The van der Waals surface area contributed by atoms with Gasteiger partial charge in [0.2, 0.25) is 0 Å². The lowest BCUT2D eigenvalue weighted by Gasteiger charge is -1.99. The topological polar surface area (TPSA) is 127 Å². The van der Waals surface area contributed by atoms with Crippen LogP contribution < -0.4 is 0 Å². The molecule has 8 heteroatoms. The highest BCUT2D eigenvalue weighted by Gasteiger charge is 2.07. The number of aromatic hydroxyl groups is 2. The van der Waals surface area contributed by atoms with Crippen molar-refractivity contribution in [3.8, 4) is 11.5 Å². The summed E-state index contributed by atoms with van der Waals surface area (Å²) in [6.45, 7) is 0. The zero-order valence-corrected chi connectivity index (χ0v) is 12.2. The molecule has 0 heterocycles. The fourth-order valence-corrected chi connectivity index (χ4v) is 1.94. The van der Waals surface area contributed by atoms with Crippen molar-refractivity contribution in [2.45, 2.75) is 0 Å². The summed E-state index contributed by atoms with van der Waals surface area (Å²) >= 11 is 0. The van der Waals surface area contributed by atoms with Crippen LogP contribution in [-0.2, 0) is 0 Å². The van der Waals surface area contributed by atoms with Crippen molar-refractivity contribution in [2.24, 2.45) is 0 Å². The van der Waals surface area contributed by atoms with Crippen molar-refractivity contribution in [3.05, 3.63) is 80.9 Å².